The third-order valence-electron chi connectivity index (χ3n) is 6.04. The van der Waals surface area contributed by atoms with Gasteiger partial charge in [-0.2, -0.15) is 0 Å². The van der Waals surface area contributed by atoms with Crippen LogP contribution >= 0.6 is 11.6 Å². The summed E-state index contributed by atoms with van der Waals surface area (Å²) in [6.45, 7) is 12.1. The van der Waals surface area contributed by atoms with Crippen LogP contribution in [0.1, 0.15) is 25.8 Å². The van der Waals surface area contributed by atoms with Crippen LogP contribution in [-0.4, -0.2) is 85.2 Å². The zero-order valence-electron chi connectivity index (χ0n) is 16.6. The smallest absolute Gasteiger partial charge is 0.223 e. The number of amides is 1. The number of hydrogen-bond donors (Lipinski definition) is 0. The van der Waals surface area contributed by atoms with Crippen LogP contribution in [0.2, 0.25) is 5.02 Å². The Morgan fingerprint density at radius 2 is 1.89 bits per heavy atom. The molecule has 2 aliphatic heterocycles. The van der Waals surface area contributed by atoms with E-state index in [0.717, 1.165) is 69.5 Å². The normalized spacial score (nSPS) is 24.9. The van der Waals surface area contributed by atoms with Crippen LogP contribution in [0.25, 0.3) is 0 Å². The molecule has 1 aromatic rings. The van der Waals surface area contributed by atoms with E-state index >= 15 is 0 Å². The van der Waals surface area contributed by atoms with Crippen molar-refractivity contribution in [1.82, 2.24) is 14.7 Å². The van der Waals surface area contributed by atoms with Crippen LogP contribution in [0, 0.1) is 0 Å². The molecule has 0 bridgehead atoms. The number of morpholine rings is 1. The monoisotopic (exact) mass is 393 g/mol. The molecule has 2 fully saturated rings. The largest absolute Gasteiger partial charge is 0.379 e. The van der Waals surface area contributed by atoms with Crippen LogP contribution in [0.15, 0.2) is 24.3 Å². The summed E-state index contributed by atoms with van der Waals surface area (Å²) in [7, 11) is 0. The fraction of sp³-hybridized carbons (Fsp3) is 0.667. The Bertz CT molecular complexity index is 621. The van der Waals surface area contributed by atoms with Gasteiger partial charge < -0.3 is 9.64 Å². The molecule has 5 nitrogen and oxygen atoms in total. The molecular formula is C21H32ClN3O2. The Balaban J connectivity index is 1.46. The van der Waals surface area contributed by atoms with Crippen molar-refractivity contribution in [2.45, 2.75) is 38.8 Å². The second-order valence-electron chi connectivity index (χ2n) is 7.69. The first-order valence-corrected chi connectivity index (χ1v) is 10.5. The van der Waals surface area contributed by atoms with Crippen LogP contribution in [0.3, 0.4) is 0 Å². The Hall–Kier alpha value is -1.14. The summed E-state index contributed by atoms with van der Waals surface area (Å²) in [5, 5.41) is 0.732. The Kier molecular flexibility index (Phi) is 7.53. The van der Waals surface area contributed by atoms with E-state index < -0.39 is 0 Å². The predicted molar refractivity (Wildman–Crippen MR) is 109 cm³/mol. The Morgan fingerprint density at radius 3 is 2.63 bits per heavy atom. The van der Waals surface area contributed by atoms with Crippen molar-refractivity contribution in [3.63, 3.8) is 0 Å². The first-order chi connectivity index (χ1) is 13.0. The first kappa shape index (κ1) is 20.6. The van der Waals surface area contributed by atoms with E-state index in [9.17, 15) is 4.79 Å². The molecule has 0 spiro atoms. The summed E-state index contributed by atoms with van der Waals surface area (Å²) >= 11 is 6.04. The van der Waals surface area contributed by atoms with Crippen LogP contribution in [-0.2, 0) is 16.0 Å². The van der Waals surface area contributed by atoms with E-state index in [-0.39, 0.29) is 11.9 Å². The summed E-state index contributed by atoms with van der Waals surface area (Å²) < 4.78 is 5.42. The molecule has 2 heterocycles. The quantitative estimate of drug-likeness (QED) is 0.744. The third kappa shape index (κ3) is 5.67. The zero-order valence-corrected chi connectivity index (χ0v) is 17.3. The van der Waals surface area contributed by atoms with Gasteiger partial charge in [0.1, 0.15) is 0 Å². The maximum absolute atomic E-state index is 12.8. The van der Waals surface area contributed by atoms with Gasteiger partial charge in [0.25, 0.3) is 0 Å². The van der Waals surface area contributed by atoms with E-state index in [0.29, 0.717) is 12.5 Å². The highest BCUT2D eigenvalue weighted by molar-refractivity contribution is 6.30. The van der Waals surface area contributed by atoms with Gasteiger partial charge in [0.05, 0.1) is 13.2 Å². The number of nitrogens with zero attached hydrogens (tertiary/aromatic N) is 3. The molecule has 0 saturated carbocycles. The van der Waals surface area contributed by atoms with Gasteiger partial charge in [-0.05, 0) is 38.0 Å². The fourth-order valence-corrected chi connectivity index (χ4v) is 4.27. The molecule has 0 aliphatic carbocycles. The summed E-state index contributed by atoms with van der Waals surface area (Å²) in [6, 6.07) is 8.43. The minimum Gasteiger partial charge on any atom is -0.379 e. The number of carbonyl (C=O) groups is 1. The van der Waals surface area contributed by atoms with E-state index in [2.05, 4.69) is 28.5 Å². The number of rotatable bonds is 6. The van der Waals surface area contributed by atoms with Crippen molar-refractivity contribution in [3.05, 3.63) is 34.9 Å². The molecule has 0 aromatic heterocycles. The van der Waals surface area contributed by atoms with Crippen molar-refractivity contribution < 1.29 is 9.53 Å². The molecule has 2 atom stereocenters. The van der Waals surface area contributed by atoms with Crippen LogP contribution in [0.5, 0.6) is 0 Å². The van der Waals surface area contributed by atoms with E-state index in [1.807, 2.05) is 24.3 Å². The fourth-order valence-electron chi connectivity index (χ4n) is 4.06. The number of benzene rings is 1. The number of aryl methyl sites for hydroxylation is 1. The predicted octanol–water partition coefficient (Wildman–Crippen LogP) is 2.53. The van der Waals surface area contributed by atoms with Gasteiger partial charge in [-0.25, -0.2) is 0 Å². The van der Waals surface area contributed by atoms with Gasteiger partial charge in [0.2, 0.25) is 5.91 Å². The van der Waals surface area contributed by atoms with Gasteiger partial charge in [-0.15, -0.1) is 0 Å². The Labute approximate surface area is 168 Å². The van der Waals surface area contributed by atoms with Gasteiger partial charge in [-0.3, -0.25) is 14.6 Å². The lowest BCUT2D eigenvalue weighted by Crippen LogP contribution is -2.60. The number of hydrogen-bond acceptors (Lipinski definition) is 4. The minimum atomic E-state index is 0.246. The standard InChI is InChI=1S/C21H32ClN3O2/c1-17-18(2)25(21(26)7-6-19-4-3-5-20(22)16-19)11-10-24(17)9-8-23-12-14-27-15-13-23/h3-5,16-18H,6-15H2,1-2H3/t17-,18-/m1/s1. The average molecular weight is 394 g/mol. The molecular weight excluding hydrogens is 362 g/mol. The van der Waals surface area contributed by atoms with Gasteiger partial charge in [0, 0.05) is 62.8 Å². The molecule has 0 N–H and O–H groups in total. The minimum absolute atomic E-state index is 0.246. The maximum atomic E-state index is 12.8. The Morgan fingerprint density at radius 1 is 1.11 bits per heavy atom. The second-order valence-corrected chi connectivity index (χ2v) is 8.12. The molecule has 0 radical (unpaired) electrons. The summed E-state index contributed by atoms with van der Waals surface area (Å²) in [6.07, 6.45) is 1.29. The zero-order chi connectivity index (χ0) is 19.2. The van der Waals surface area contributed by atoms with Crippen LogP contribution < -0.4 is 0 Å². The highest BCUT2D eigenvalue weighted by Gasteiger charge is 2.33. The molecule has 27 heavy (non-hydrogen) atoms. The molecule has 0 unspecified atom stereocenters. The lowest BCUT2D eigenvalue weighted by Gasteiger charge is -2.45. The van der Waals surface area contributed by atoms with Crippen molar-refractivity contribution in [3.8, 4) is 0 Å². The number of carbonyl (C=O) groups excluding carboxylic acids is 1. The molecule has 3 rings (SSSR count). The number of piperazine rings is 1. The second kappa shape index (κ2) is 9.87. The van der Waals surface area contributed by atoms with E-state index in [1.165, 1.54) is 0 Å². The summed E-state index contributed by atoms with van der Waals surface area (Å²) in [5.74, 6) is 0.252. The number of halogens is 1. The number of ether oxygens (including phenoxy) is 1. The lowest BCUT2D eigenvalue weighted by atomic mass is 10.0. The molecule has 1 amide bonds. The highest BCUT2D eigenvalue weighted by atomic mass is 35.5. The van der Waals surface area contributed by atoms with Crippen molar-refractivity contribution >= 4 is 17.5 Å². The SMILES string of the molecule is C[C@@H]1[C@@H](C)N(C(=O)CCc2cccc(Cl)c2)CCN1CCN1CCOCC1. The summed E-state index contributed by atoms with van der Waals surface area (Å²) in [5.41, 5.74) is 1.13. The molecule has 2 saturated heterocycles. The van der Waals surface area contributed by atoms with Crippen molar-refractivity contribution in [2.24, 2.45) is 0 Å². The lowest BCUT2D eigenvalue weighted by molar-refractivity contribution is -0.137. The van der Waals surface area contributed by atoms with E-state index in [1.54, 1.807) is 0 Å². The molecule has 1 aromatic carbocycles. The maximum Gasteiger partial charge on any atom is 0.223 e. The van der Waals surface area contributed by atoms with Crippen molar-refractivity contribution in [1.29, 1.82) is 0 Å². The average Bonchev–Trinajstić information content (AvgIpc) is 2.68. The highest BCUT2D eigenvalue weighted by Crippen LogP contribution is 2.19. The summed E-state index contributed by atoms with van der Waals surface area (Å²) in [4.78, 5) is 19.9. The third-order valence-corrected chi connectivity index (χ3v) is 6.27. The van der Waals surface area contributed by atoms with Gasteiger partial charge >= 0.3 is 0 Å². The van der Waals surface area contributed by atoms with Gasteiger partial charge in [0.15, 0.2) is 0 Å². The van der Waals surface area contributed by atoms with Gasteiger partial charge in [-0.1, -0.05) is 23.7 Å². The molecule has 6 heteroatoms. The topological polar surface area (TPSA) is 36.0 Å². The van der Waals surface area contributed by atoms with Crippen molar-refractivity contribution in [2.75, 3.05) is 52.5 Å². The van der Waals surface area contributed by atoms with Crippen LogP contribution in [0.4, 0.5) is 0 Å². The molecule has 150 valence electrons. The molecule has 2 aliphatic rings. The van der Waals surface area contributed by atoms with E-state index in [4.69, 9.17) is 16.3 Å². The first-order valence-electron chi connectivity index (χ1n) is 10.1.